The zero-order valence-corrected chi connectivity index (χ0v) is 8.01. The van der Waals surface area contributed by atoms with Crippen LogP contribution in [0.15, 0.2) is 29.1 Å². The second-order valence-corrected chi connectivity index (χ2v) is 3.83. The molecule has 0 aliphatic rings. The molecule has 2 aromatic rings. The number of hydrogen-bond acceptors (Lipinski definition) is 2. The van der Waals surface area contributed by atoms with E-state index < -0.39 is 0 Å². The highest BCUT2D eigenvalue weighted by Gasteiger charge is 2.04. The third kappa shape index (κ3) is 1.40. The molecule has 2 nitrogen and oxygen atoms in total. The van der Waals surface area contributed by atoms with E-state index >= 15 is 0 Å². The van der Waals surface area contributed by atoms with Gasteiger partial charge >= 0.3 is 4.87 Å². The molecule has 0 aliphatic heterocycles. The number of aryl methyl sites for hydroxylation is 1. The van der Waals surface area contributed by atoms with Crippen LogP contribution in [-0.2, 0) is 6.54 Å². The molecule has 0 amide bonds. The van der Waals surface area contributed by atoms with Crippen LogP contribution in [0.25, 0.3) is 10.2 Å². The smallest absolute Gasteiger partial charge is 0.299 e. The minimum atomic E-state index is 0.116. The van der Waals surface area contributed by atoms with E-state index in [0.717, 1.165) is 16.6 Å². The van der Waals surface area contributed by atoms with E-state index in [1.54, 1.807) is 4.57 Å². The summed E-state index contributed by atoms with van der Waals surface area (Å²) in [6, 6.07) is 7.85. The molecule has 1 heterocycles. The largest absolute Gasteiger partial charge is 0.308 e. The Kier molecular flexibility index (Phi) is 2.19. The quantitative estimate of drug-likeness (QED) is 0.715. The molecular formula is C10H10NOS. The van der Waals surface area contributed by atoms with Gasteiger partial charge in [0, 0.05) is 6.54 Å². The lowest BCUT2D eigenvalue weighted by Gasteiger charge is -1.98. The fourth-order valence-corrected chi connectivity index (χ4v) is 2.30. The molecule has 0 atom stereocenters. The third-order valence-electron chi connectivity index (χ3n) is 1.96. The van der Waals surface area contributed by atoms with E-state index in [-0.39, 0.29) is 4.87 Å². The first-order chi connectivity index (χ1) is 6.33. The number of benzene rings is 1. The van der Waals surface area contributed by atoms with Crippen molar-refractivity contribution < 1.29 is 0 Å². The Morgan fingerprint density at radius 2 is 2.15 bits per heavy atom. The summed E-state index contributed by atoms with van der Waals surface area (Å²) in [6.45, 7) is 4.46. The zero-order chi connectivity index (χ0) is 9.26. The highest BCUT2D eigenvalue weighted by Crippen LogP contribution is 2.16. The van der Waals surface area contributed by atoms with E-state index in [1.165, 1.54) is 11.3 Å². The number of rotatable bonds is 2. The Labute approximate surface area is 80.4 Å². The van der Waals surface area contributed by atoms with Crippen LogP contribution in [0, 0.1) is 6.92 Å². The molecule has 0 unspecified atom stereocenters. The lowest BCUT2D eigenvalue weighted by molar-refractivity contribution is 0.721. The van der Waals surface area contributed by atoms with Gasteiger partial charge in [-0.3, -0.25) is 9.36 Å². The number of fused-ring (bicyclic) bond motifs is 1. The van der Waals surface area contributed by atoms with Crippen molar-refractivity contribution in [3.63, 3.8) is 0 Å². The minimum Gasteiger partial charge on any atom is -0.299 e. The summed E-state index contributed by atoms with van der Waals surface area (Å²) in [4.78, 5) is 11.6. The molecule has 0 spiro atoms. The Morgan fingerprint density at radius 3 is 2.92 bits per heavy atom. The Hall–Kier alpha value is -1.09. The van der Waals surface area contributed by atoms with Crippen molar-refractivity contribution in [1.29, 1.82) is 0 Å². The number of nitrogens with zero attached hydrogens (tertiary/aromatic N) is 1. The molecule has 0 aliphatic carbocycles. The van der Waals surface area contributed by atoms with Gasteiger partial charge in [-0.05, 0) is 18.6 Å². The van der Waals surface area contributed by atoms with Crippen molar-refractivity contribution in [3.05, 3.63) is 40.9 Å². The van der Waals surface area contributed by atoms with Crippen LogP contribution in [-0.4, -0.2) is 4.57 Å². The van der Waals surface area contributed by atoms with Crippen molar-refractivity contribution in [1.82, 2.24) is 4.57 Å². The molecule has 0 fully saturated rings. The van der Waals surface area contributed by atoms with Gasteiger partial charge in [0.1, 0.15) is 0 Å². The average Bonchev–Trinajstić information content (AvgIpc) is 2.44. The maximum atomic E-state index is 11.5. The fourth-order valence-electron chi connectivity index (χ4n) is 1.38. The first kappa shape index (κ1) is 8.51. The Balaban J connectivity index is 2.71. The first-order valence-corrected chi connectivity index (χ1v) is 5.02. The van der Waals surface area contributed by atoms with E-state index in [2.05, 4.69) is 6.92 Å². The van der Waals surface area contributed by atoms with Crippen molar-refractivity contribution in [2.75, 3.05) is 0 Å². The molecule has 13 heavy (non-hydrogen) atoms. The number of hydrogen-bond donors (Lipinski definition) is 0. The molecule has 3 heteroatoms. The highest BCUT2D eigenvalue weighted by molar-refractivity contribution is 7.16. The SMILES string of the molecule is [CH2]CCn1c(=O)sc2ccccc21. The maximum Gasteiger partial charge on any atom is 0.308 e. The van der Waals surface area contributed by atoms with Gasteiger partial charge in [-0.15, -0.1) is 0 Å². The van der Waals surface area contributed by atoms with E-state index in [1.807, 2.05) is 24.3 Å². The normalized spacial score (nSPS) is 10.8. The predicted molar refractivity (Wildman–Crippen MR) is 56.1 cm³/mol. The Bertz CT molecular complexity index is 469. The zero-order valence-electron chi connectivity index (χ0n) is 7.19. The van der Waals surface area contributed by atoms with E-state index in [4.69, 9.17) is 0 Å². The summed E-state index contributed by atoms with van der Waals surface area (Å²) >= 11 is 1.30. The molecule has 2 rings (SSSR count). The molecule has 1 radical (unpaired) electrons. The molecule has 1 aromatic heterocycles. The summed E-state index contributed by atoms with van der Waals surface area (Å²) in [6.07, 6.45) is 0.751. The van der Waals surface area contributed by atoms with Crippen LogP contribution < -0.4 is 4.87 Å². The van der Waals surface area contributed by atoms with Gasteiger partial charge in [0.05, 0.1) is 10.2 Å². The minimum absolute atomic E-state index is 0.116. The van der Waals surface area contributed by atoms with Crippen LogP contribution in [0.3, 0.4) is 0 Å². The van der Waals surface area contributed by atoms with Gasteiger partial charge in [0.15, 0.2) is 0 Å². The average molecular weight is 192 g/mol. The lowest BCUT2D eigenvalue weighted by atomic mass is 10.3. The number of aromatic nitrogens is 1. The molecule has 0 bridgehead atoms. The fraction of sp³-hybridized carbons (Fsp3) is 0.200. The highest BCUT2D eigenvalue weighted by atomic mass is 32.1. The molecule has 67 valence electrons. The third-order valence-corrected chi connectivity index (χ3v) is 2.92. The van der Waals surface area contributed by atoms with Gasteiger partial charge in [-0.1, -0.05) is 30.4 Å². The van der Waals surface area contributed by atoms with Gasteiger partial charge in [-0.25, -0.2) is 0 Å². The van der Waals surface area contributed by atoms with Crippen molar-refractivity contribution >= 4 is 21.6 Å². The second kappa shape index (κ2) is 3.34. The monoisotopic (exact) mass is 192 g/mol. The molecule has 0 saturated carbocycles. The summed E-state index contributed by atoms with van der Waals surface area (Å²) < 4.78 is 2.84. The first-order valence-electron chi connectivity index (χ1n) is 4.20. The van der Waals surface area contributed by atoms with Crippen LogP contribution in [0.2, 0.25) is 0 Å². The van der Waals surface area contributed by atoms with Gasteiger partial charge in [0.25, 0.3) is 0 Å². The van der Waals surface area contributed by atoms with Crippen LogP contribution in [0.4, 0.5) is 0 Å². The topological polar surface area (TPSA) is 22.0 Å². The molecular weight excluding hydrogens is 182 g/mol. The maximum absolute atomic E-state index is 11.5. The van der Waals surface area contributed by atoms with Crippen molar-refractivity contribution in [2.45, 2.75) is 13.0 Å². The second-order valence-electron chi connectivity index (χ2n) is 2.84. The van der Waals surface area contributed by atoms with E-state index in [0.29, 0.717) is 6.54 Å². The summed E-state index contributed by atoms with van der Waals surface area (Å²) in [5, 5.41) is 0. The molecule has 0 saturated heterocycles. The summed E-state index contributed by atoms with van der Waals surface area (Å²) in [7, 11) is 0. The molecule has 0 N–H and O–H groups in total. The van der Waals surface area contributed by atoms with Crippen LogP contribution in [0.1, 0.15) is 6.42 Å². The van der Waals surface area contributed by atoms with Gasteiger partial charge in [0.2, 0.25) is 0 Å². The predicted octanol–water partition coefficient (Wildman–Crippen LogP) is 2.29. The number of para-hydroxylation sites is 1. The van der Waals surface area contributed by atoms with Crippen molar-refractivity contribution in [2.24, 2.45) is 0 Å². The van der Waals surface area contributed by atoms with Gasteiger partial charge < -0.3 is 0 Å². The molecule has 1 aromatic carbocycles. The van der Waals surface area contributed by atoms with Gasteiger partial charge in [-0.2, -0.15) is 0 Å². The standard InChI is InChI=1S/C10H10NOS/c1-2-7-11-8-5-3-4-6-9(8)13-10(11)12/h3-6H,1-2,7H2. The van der Waals surface area contributed by atoms with E-state index in [9.17, 15) is 4.79 Å². The van der Waals surface area contributed by atoms with Crippen LogP contribution >= 0.6 is 11.3 Å². The van der Waals surface area contributed by atoms with Crippen LogP contribution in [0.5, 0.6) is 0 Å². The Morgan fingerprint density at radius 1 is 1.38 bits per heavy atom. The number of thiazole rings is 1. The summed E-state index contributed by atoms with van der Waals surface area (Å²) in [5.41, 5.74) is 1.03. The summed E-state index contributed by atoms with van der Waals surface area (Å²) in [5.74, 6) is 0. The van der Waals surface area contributed by atoms with Crippen molar-refractivity contribution in [3.8, 4) is 0 Å². The lowest BCUT2D eigenvalue weighted by Crippen LogP contribution is -2.11.